The summed E-state index contributed by atoms with van der Waals surface area (Å²) in [6.45, 7) is 2.32. The number of hydrogen-bond donors (Lipinski definition) is 1. The zero-order valence-corrected chi connectivity index (χ0v) is 19.7. The average Bonchev–Trinajstić information content (AvgIpc) is 2.75. The van der Waals surface area contributed by atoms with Gasteiger partial charge in [-0.2, -0.15) is 4.31 Å². The van der Waals surface area contributed by atoms with Gasteiger partial charge in [-0.3, -0.25) is 4.79 Å². The van der Waals surface area contributed by atoms with E-state index in [1.54, 1.807) is 24.3 Å². The maximum absolute atomic E-state index is 13.5. The Bertz CT molecular complexity index is 780. The van der Waals surface area contributed by atoms with Gasteiger partial charge >= 0.3 is 0 Å². The van der Waals surface area contributed by atoms with Gasteiger partial charge in [-0.05, 0) is 56.9 Å². The molecule has 2 fully saturated rings. The lowest BCUT2D eigenvalue weighted by Crippen LogP contribution is -2.48. The van der Waals surface area contributed by atoms with Crippen molar-refractivity contribution in [3.63, 3.8) is 0 Å². The Labute approximate surface area is 187 Å². The summed E-state index contributed by atoms with van der Waals surface area (Å²) in [6, 6.07) is 6.59. The highest BCUT2D eigenvalue weighted by atomic mass is 32.2. The van der Waals surface area contributed by atoms with E-state index in [0.717, 1.165) is 57.8 Å². The molecule has 0 atom stereocenters. The molecule has 0 spiro atoms. The van der Waals surface area contributed by atoms with E-state index >= 15 is 0 Å². The fourth-order valence-electron chi connectivity index (χ4n) is 4.80. The standard InChI is InChI=1S/C24H38N2O4S/c1-2-30-22-15-17-23(18-16-22)31(28,29)26(21-13-9-6-10-14-21)19-24(27)25-20-11-7-4-3-5-8-12-20/h15-18,20-21H,2-14,19H2,1H3,(H,25,27). The first-order valence-electron chi connectivity index (χ1n) is 12.0. The topological polar surface area (TPSA) is 75.7 Å². The molecule has 0 bridgehead atoms. The van der Waals surface area contributed by atoms with Crippen LogP contribution in [0.4, 0.5) is 0 Å². The summed E-state index contributed by atoms with van der Waals surface area (Å²) in [5, 5.41) is 3.14. The van der Waals surface area contributed by atoms with Crippen LogP contribution in [0.25, 0.3) is 0 Å². The van der Waals surface area contributed by atoms with E-state index in [9.17, 15) is 13.2 Å². The highest BCUT2D eigenvalue weighted by Gasteiger charge is 2.34. The zero-order valence-electron chi connectivity index (χ0n) is 18.9. The van der Waals surface area contributed by atoms with E-state index in [4.69, 9.17) is 4.74 Å². The van der Waals surface area contributed by atoms with Crippen LogP contribution in [0.15, 0.2) is 29.2 Å². The van der Waals surface area contributed by atoms with Gasteiger partial charge < -0.3 is 10.1 Å². The number of rotatable bonds is 8. The molecule has 0 saturated heterocycles. The van der Waals surface area contributed by atoms with Gasteiger partial charge in [-0.1, -0.05) is 51.4 Å². The maximum atomic E-state index is 13.5. The van der Waals surface area contributed by atoms with Crippen LogP contribution in [0.1, 0.15) is 84.0 Å². The molecule has 1 N–H and O–H groups in total. The number of carbonyl (C=O) groups excluding carboxylic acids is 1. The highest BCUT2D eigenvalue weighted by molar-refractivity contribution is 7.89. The fourth-order valence-corrected chi connectivity index (χ4v) is 6.45. The Morgan fingerprint density at radius 3 is 2.10 bits per heavy atom. The van der Waals surface area contributed by atoms with E-state index in [1.807, 2.05) is 6.92 Å². The molecule has 0 radical (unpaired) electrons. The number of hydrogen-bond acceptors (Lipinski definition) is 4. The van der Waals surface area contributed by atoms with Gasteiger partial charge in [-0.25, -0.2) is 8.42 Å². The van der Waals surface area contributed by atoms with Crippen LogP contribution < -0.4 is 10.1 Å². The normalized spacial score (nSPS) is 19.5. The van der Waals surface area contributed by atoms with Crippen molar-refractivity contribution in [3.05, 3.63) is 24.3 Å². The third-order valence-corrected chi connectivity index (χ3v) is 8.41. The highest BCUT2D eigenvalue weighted by Crippen LogP contribution is 2.28. The number of benzene rings is 1. The van der Waals surface area contributed by atoms with E-state index in [1.165, 1.54) is 23.6 Å². The largest absolute Gasteiger partial charge is 0.494 e. The second kappa shape index (κ2) is 11.9. The monoisotopic (exact) mass is 450 g/mol. The third kappa shape index (κ3) is 6.94. The average molecular weight is 451 g/mol. The van der Waals surface area contributed by atoms with Crippen molar-refractivity contribution < 1.29 is 17.9 Å². The number of nitrogens with zero attached hydrogens (tertiary/aromatic N) is 1. The van der Waals surface area contributed by atoms with E-state index in [2.05, 4.69) is 5.32 Å². The van der Waals surface area contributed by atoms with Crippen molar-refractivity contribution in [3.8, 4) is 5.75 Å². The molecule has 174 valence electrons. The summed E-state index contributed by atoms with van der Waals surface area (Å²) in [7, 11) is -3.76. The predicted octanol–water partition coefficient (Wildman–Crippen LogP) is 4.64. The number of sulfonamides is 1. The number of carbonyl (C=O) groups is 1. The molecule has 1 amide bonds. The molecule has 0 unspecified atom stereocenters. The van der Waals surface area contributed by atoms with Crippen LogP contribution in [0.5, 0.6) is 5.75 Å². The van der Waals surface area contributed by atoms with Crippen molar-refractivity contribution in [2.75, 3.05) is 13.2 Å². The van der Waals surface area contributed by atoms with Crippen molar-refractivity contribution >= 4 is 15.9 Å². The Balaban J connectivity index is 1.74. The van der Waals surface area contributed by atoms with Crippen LogP contribution >= 0.6 is 0 Å². The van der Waals surface area contributed by atoms with Gasteiger partial charge in [0.1, 0.15) is 5.75 Å². The maximum Gasteiger partial charge on any atom is 0.243 e. The second-order valence-electron chi connectivity index (χ2n) is 8.86. The minimum Gasteiger partial charge on any atom is -0.494 e. The molecule has 3 rings (SSSR count). The Kier molecular flexibility index (Phi) is 9.20. The van der Waals surface area contributed by atoms with Gasteiger partial charge in [-0.15, -0.1) is 0 Å². The number of ether oxygens (including phenoxy) is 1. The summed E-state index contributed by atoms with van der Waals surface area (Å²) in [5.74, 6) is 0.471. The first-order chi connectivity index (χ1) is 15.0. The fraction of sp³-hybridized carbons (Fsp3) is 0.708. The van der Waals surface area contributed by atoms with Gasteiger partial charge in [0.2, 0.25) is 15.9 Å². The first-order valence-corrected chi connectivity index (χ1v) is 13.5. The van der Waals surface area contributed by atoms with Gasteiger partial charge in [0.25, 0.3) is 0 Å². The summed E-state index contributed by atoms with van der Waals surface area (Å²) >= 11 is 0. The SMILES string of the molecule is CCOc1ccc(S(=O)(=O)N(CC(=O)NC2CCCCCCC2)C2CCCCC2)cc1. The van der Waals surface area contributed by atoms with Gasteiger partial charge in [0.05, 0.1) is 18.0 Å². The third-order valence-electron chi connectivity index (χ3n) is 6.49. The molecular weight excluding hydrogens is 412 g/mol. The Morgan fingerprint density at radius 1 is 0.935 bits per heavy atom. The Morgan fingerprint density at radius 2 is 1.48 bits per heavy atom. The molecule has 31 heavy (non-hydrogen) atoms. The minimum absolute atomic E-state index is 0.100. The van der Waals surface area contributed by atoms with Crippen molar-refractivity contribution in [1.29, 1.82) is 0 Å². The van der Waals surface area contributed by atoms with Crippen molar-refractivity contribution in [2.24, 2.45) is 0 Å². The molecule has 0 aromatic heterocycles. The number of amides is 1. The smallest absolute Gasteiger partial charge is 0.243 e. The van der Waals surface area contributed by atoms with Crippen molar-refractivity contribution in [2.45, 2.75) is 101 Å². The van der Waals surface area contributed by atoms with Crippen LogP contribution in [0.3, 0.4) is 0 Å². The molecule has 6 nitrogen and oxygen atoms in total. The van der Waals surface area contributed by atoms with Crippen LogP contribution in [-0.2, 0) is 14.8 Å². The molecule has 7 heteroatoms. The van der Waals surface area contributed by atoms with Crippen LogP contribution in [0.2, 0.25) is 0 Å². The second-order valence-corrected chi connectivity index (χ2v) is 10.7. The van der Waals surface area contributed by atoms with E-state index in [0.29, 0.717) is 12.4 Å². The molecule has 1 aromatic rings. The molecule has 2 saturated carbocycles. The summed E-state index contributed by atoms with van der Waals surface area (Å²) < 4.78 is 34.0. The molecule has 2 aliphatic rings. The minimum atomic E-state index is -3.76. The summed E-state index contributed by atoms with van der Waals surface area (Å²) in [6.07, 6.45) is 12.7. The summed E-state index contributed by atoms with van der Waals surface area (Å²) in [5.41, 5.74) is 0. The lowest BCUT2D eigenvalue weighted by Gasteiger charge is -2.33. The lowest BCUT2D eigenvalue weighted by molar-refractivity contribution is -0.122. The van der Waals surface area contributed by atoms with Gasteiger partial charge in [0, 0.05) is 12.1 Å². The van der Waals surface area contributed by atoms with E-state index in [-0.39, 0.29) is 29.4 Å². The van der Waals surface area contributed by atoms with Crippen molar-refractivity contribution in [1.82, 2.24) is 9.62 Å². The molecule has 2 aliphatic carbocycles. The molecule has 0 heterocycles. The van der Waals surface area contributed by atoms with Gasteiger partial charge in [0.15, 0.2) is 0 Å². The molecule has 1 aromatic carbocycles. The van der Waals surface area contributed by atoms with Crippen LogP contribution in [0, 0.1) is 0 Å². The molecular formula is C24H38N2O4S. The lowest BCUT2D eigenvalue weighted by atomic mass is 9.95. The quantitative estimate of drug-likeness (QED) is 0.626. The Hall–Kier alpha value is -1.60. The summed E-state index contributed by atoms with van der Waals surface area (Å²) in [4.78, 5) is 13.2. The molecule has 0 aliphatic heterocycles. The van der Waals surface area contributed by atoms with E-state index < -0.39 is 10.0 Å². The first kappa shape index (κ1) is 24.1. The van der Waals surface area contributed by atoms with Crippen LogP contribution in [-0.4, -0.2) is 43.9 Å². The zero-order chi connectivity index (χ0) is 22.1. The predicted molar refractivity (Wildman–Crippen MR) is 123 cm³/mol. The number of nitrogens with one attached hydrogen (secondary N) is 1.